The van der Waals surface area contributed by atoms with Crippen molar-refractivity contribution in [2.75, 3.05) is 7.05 Å². The molecule has 0 amide bonds. The van der Waals surface area contributed by atoms with Crippen LogP contribution in [0.5, 0.6) is 0 Å². The van der Waals surface area contributed by atoms with Gasteiger partial charge in [-0.15, -0.1) is 0 Å². The van der Waals surface area contributed by atoms with E-state index < -0.39 is 0 Å². The van der Waals surface area contributed by atoms with E-state index in [2.05, 4.69) is 49.9 Å². The summed E-state index contributed by atoms with van der Waals surface area (Å²) in [5.41, 5.74) is 2.50. The fourth-order valence-corrected chi connectivity index (χ4v) is 1.66. The van der Waals surface area contributed by atoms with E-state index in [0.29, 0.717) is 6.04 Å². The zero-order valence-electron chi connectivity index (χ0n) is 11.3. The van der Waals surface area contributed by atoms with Gasteiger partial charge in [0.2, 0.25) is 0 Å². The lowest BCUT2D eigenvalue weighted by Crippen LogP contribution is -2.17. The molecule has 0 aliphatic rings. The third-order valence-corrected chi connectivity index (χ3v) is 2.66. The normalized spacial score (nSPS) is 13.9. The minimum atomic E-state index is 0.239. The molecular weight excluding hydrogens is 198 g/mol. The highest BCUT2D eigenvalue weighted by Crippen LogP contribution is 2.20. The number of rotatable bonds is 3. The van der Waals surface area contributed by atoms with Gasteiger partial charge < -0.3 is 5.32 Å². The Balaban J connectivity index is 2.91. The molecule has 1 aromatic rings. The van der Waals surface area contributed by atoms with E-state index in [0.717, 1.165) is 17.9 Å². The van der Waals surface area contributed by atoms with Gasteiger partial charge in [-0.3, -0.25) is 0 Å². The van der Waals surface area contributed by atoms with Crippen LogP contribution in [0, 0.1) is 12.3 Å². The van der Waals surface area contributed by atoms with Crippen molar-refractivity contribution in [3.8, 4) is 0 Å². The first kappa shape index (κ1) is 13.1. The number of nitrogens with one attached hydrogen (secondary N) is 1. The van der Waals surface area contributed by atoms with Gasteiger partial charge in [0.25, 0.3) is 0 Å². The summed E-state index contributed by atoms with van der Waals surface area (Å²) in [6, 6.07) is 0.309. The third-order valence-electron chi connectivity index (χ3n) is 2.66. The van der Waals surface area contributed by atoms with E-state index in [1.54, 1.807) is 0 Å². The van der Waals surface area contributed by atoms with E-state index in [1.165, 1.54) is 5.56 Å². The molecule has 1 N–H and O–H groups in total. The summed E-state index contributed by atoms with van der Waals surface area (Å²) >= 11 is 0. The zero-order chi connectivity index (χ0) is 12.3. The first-order valence-electron chi connectivity index (χ1n) is 5.83. The fraction of sp³-hybridized carbons (Fsp3) is 0.692. The van der Waals surface area contributed by atoms with Crippen LogP contribution >= 0.6 is 0 Å². The molecule has 0 aliphatic carbocycles. The van der Waals surface area contributed by atoms with Crippen molar-refractivity contribution in [1.82, 2.24) is 15.3 Å². The molecule has 0 saturated heterocycles. The van der Waals surface area contributed by atoms with Gasteiger partial charge in [-0.2, -0.15) is 0 Å². The lowest BCUT2D eigenvalue weighted by atomic mass is 9.92. The SMILES string of the molecule is CNC(C)c1cnc(CC(C)(C)C)nc1C. The Morgan fingerprint density at radius 1 is 1.38 bits per heavy atom. The Morgan fingerprint density at radius 3 is 2.44 bits per heavy atom. The lowest BCUT2D eigenvalue weighted by Gasteiger charge is -2.18. The molecular formula is C13H23N3. The van der Waals surface area contributed by atoms with Gasteiger partial charge in [-0.05, 0) is 26.3 Å². The molecule has 0 aromatic carbocycles. The molecule has 0 bridgehead atoms. The van der Waals surface area contributed by atoms with E-state index in [4.69, 9.17) is 0 Å². The molecule has 1 heterocycles. The first-order chi connectivity index (χ1) is 7.33. The maximum atomic E-state index is 4.58. The van der Waals surface area contributed by atoms with Crippen molar-refractivity contribution in [2.24, 2.45) is 5.41 Å². The second kappa shape index (κ2) is 4.91. The van der Waals surface area contributed by atoms with Crippen LogP contribution in [0.4, 0.5) is 0 Å². The summed E-state index contributed by atoms with van der Waals surface area (Å²) < 4.78 is 0. The van der Waals surface area contributed by atoms with Crippen molar-refractivity contribution in [3.05, 3.63) is 23.3 Å². The quantitative estimate of drug-likeness (QED) is 0.852. The second-order valence-corrected chi connectivity index (χ2v) is 5.57. The highest BCUT2D eigenvalue weighted by atomic mass is 14.9. The van der Waals surface area contributed by atoms with Gasteiger partial charge in [0, 0.05) is 29.9 Å². The van der Waals surface area contributed by atoms with Gasteiger partial charge >= 0.3 is 0 Å². The summed E-state index contributed by atoms with van der Waals surface area (Å²) in [5.74, 6) is 0.942. The minimum Gasteiger partial charge on any atom is -0.313 e. The molecule has 0 spiro atoms. The summed E-state index contributed by atoms with van der Waals surface area (Å²) in [6.07, 6.45) is 2.87. The van der Waals surface area contributed by atoms with E-state index in [9.17, 15) is 0 Å². The smallest absolute Gasteiger partial charge is 0.129 e. The summed E-state index contributed by atoms with van der Waals surface area (Å²) in [5, 5.41) is 3.21. The van der Waals surface area contributed by atoms with Gasteiger partial charge in [0.1, 0.15) is 5.82 Å². The number of aromatic nitrogens is 2. The molecule has 0 aliphatic heterocycles. The molecule has 3 nitrogen and oxygen atoms in total. The monoisotopic (exact) mass is 221 g/mol. The van der Waals surface area contributed by atoms with E-state index >= 15 is 0 Å². The van der Waals surface area contributed by atoms with Crippen LogP contribution < -0.4 is 5.32 Å². The topological polar surface area (TPSA) is 37.8 Å². The standard InChI is InChI=1S/C13H23N3/c1-9(14-6)11-8-15-12(16-10(11)2)7-13(3,4)5/h8-9,14H,7H2,1-6H3. The predicted octanol–water partition coefficient (Wildman–Crippen LogP) is 2.65. The van der Waals surface area contributed by atoms with Crippen LogP contribution in [0.15, 0.2) is 6.20 Å². The molecule has 1 unspecified atom stereocenters. The predicted molar refractivity (Wildman–Crippen MR) is 67.4 cm³/mol. The van der Waals surface area contributed by atoms with Crippen LogP contribution in [0.1, 0.15) is 50.8 Å². The summed E-state index contributed by atoms with van der Waals surface area (Å²) in [4.78, 5) is 9.02. The molecule has 1 aromatic heterocycles. The van der Waals surface area contributed by atoms with Crippen LogP contribution in [0.2, 0.25) is 0 Å². The average Bonchev–Trinajstić information content (AvgIpc) is 2.14. The molecule has 16 heavy (non-hydrogen) atoms. The highest BCUT2D eigenvalue weighted by Gasteiger charge is 2.15. The number of hydrogen-bond donors (Lipinski definition) is 1. The molecule has 0 saturated carbocycles. The van der Waals surface area contributed by atoms with Crippen LogP contribution in [0.3, 0.4) is 0 Å². The average molecular weight is 221 g/mol. The van der Waals surface area contributed by atoms with Crippen molar-refractivity contribution >= 4 is 0 Å². The Bertz CT molecular complexity index is 353. The van der Waals surface area contributed by atoms with Crippen LogP contribution in [-0.4, -0.2) is 17.0 Å². The van der Waals surface area contributed by atoms with Gasteiger partial charge in [-0.25, -0.2) is 9.97 Å². The largest absolute Gasteiger partial charge is 0.313 e. The zero-order valence-corrected chi connectivity index (χ0v) is 11.3. The van der Waals surface area contributed by atoms with Crippen molar-refractivity contribution in [1.29, 1.82) is 0 Å². The van der Waals surface area contributed by atoms with E-state index in [-0.39, 0.29) is 5.41 Å². The maximum Gasteiger partial charge on any atom is 0.129 e. The maximum absolute atomic E-state index is 4.58. The van der Waals surface area contributed by atoms with Crippen molar-refractivity contribution < 1.29 is 0 Å². The lowest BCUT2D eigenvalue weighted by molar-refractivity contribution is 0.399. The van der Waals surface area contributed by atoms with Gasteiger partial charge in [-0.1, -0.05) is 20.8 Å². The Labute approximate surface area is 98.7 Å². The van der Waals surface area contributed by atoms with Crippen LogP contribution in [-0.2, 0) is 6.42 Å². The number of aryl methyl sites for hydroxylation is 1. The van der Waals surface area contributed by atoms with Crippen molar-refractivity contribution in [3.63, 3.8) is 0 Å². The number of hydrogen-bond acceptors (Lipinski definition) is 3. The number of nitrogens with zero attached hydrogens (tertiary/aromatic N) is 2. The molecule has 1 rings (SSSR count). The highest BCUT2D eigenvalue weighted by molar-refractivity contribution is 5.20. The summed E-state index contributed by atoms with van der Waals surface area (Å²) in [7, 11) is 1.95. The third kappa shape index (κ3) is 3.56. The minimum absolute atomic E-state index is 0.239. The molecule has 3 heteroatoms. The summed E-state index contributed by atoms with van der Waals surface area (Å²) in [6.45, 7) is 10.8. The Hall–Kier alpha value is -0.960. The Morgan fingerprint density at radius 2 is 2.00 bits per heavy atom. The Kier molecular flexibility index (Phi) is 4.03. The van der Waals surface area contributed by atoms with Gasteiger partial charge in [0.05, 0.1) is 0 Å². The fourth-order valence-electron chi connectivity index (χ4n) is 1.66. The second-order valence-electron chi connectivity index (χ2n) is 5.57. The molecule has 90 valence electrons. The van der Waals surface area contributed by atoms with E-state index in [1.807, 2.05) is 13.2 Å². The molecule has 0 radical (unpaired) electrons. The van der Waals surface area contributed by atoms with Crippen LogP contribution in [0.25, 0.3) is 0 Å². The first-order valence-corrected chi connectivity index (χ1v) is 5.83. The molecule has 1 atom stereocenters. The van der Waals surface area contributed by atoms with Gasteiger partial charge in [0.15, 0.2) is 0 Å². The molecule has 0 fully saturated rings. The van der Waals surface area contributed by atoms with Crippen molar-refractivity contribution in [2.45, 2.75) is 47.1 Å².